The number of hydrogen-bond donors (Lipinski definition) is 3. The SMILES string of the molecule is CC/C=C\C/C=C\C/C=C\C/C=C\CCCCCCC(=O)OC[C@H](COP(=O)(O)OCC[N+](C)(C)C)OC(=O)CC/C=C\C/C=C\C[C@@H](O)/C=C/C=C\C=C\[C@@H](O)C/C=C\CC. The van der Waals surface area contributed by atoms with Gasteiger partial charge in [0.15, 0.2) is 6.10 Å². The molecule has 350 valence electrons. The molecule has 0 aliphatic carbocycles. The van der Waals surface area contributed by atoms with E-state index >= 15 is 0 Å². The molecular formula is C50H81NO10P+. The number of phosphoric ester groups is 1. The third-order valence-electron chi connectivity index (χ3n) is 8.67. The Morgan fingerprint density at radius 1 is 0.581 bits per heavy atom. The Labute approximate surface area is 374 Å². The van der Waals surface area contributed by atoms with Crippen LogP contribution in [-0.2, 0) is 32.7 Å². The second-order valence-electron chi connectivity index (χ2n) is 15.7. The average Bonchev–Trinajstić information content (AvgIpc) is 3.21. The van der Waals surface area contributed by atoms with E-state index < -0.39 is 44.7 Å². The number of aliphatic hydroxyl groups excluding tert-OH is 2. The summed E-state index contributed by atoms with van der Waals surface area (Å²) in [5, 5.41) is 20.0. The van der Waals surface area contributed by atoms with Crippen molar-refractivity contribution in [3.8, 4) is 0 Å². The largest absolute Gasteiger partial charge is 0.472 e. The minimum absolute atomic E-state index is 0.0140. The molecule has 0 fully saturated rings. The number of hydrogen-bond acceptors (Lipinski definition) is 9. The first kappa shape index (κ1) is 58.3. The number of quaternary nitrogens is 1. The van der Waals surface area contributed by atoms with Crippen molar-refractivity contribution in [3.05, 3.63) is 122 Å². The van der Waals surface area contributed by atoms with Gasteiger partial charge in [-0.2, -0.15) is 0 Å². The number of esters is 2. The number of carbonyl (C=O) groups is 2. The highest BCUT2D eigenvalue weighted by atomic mass is 31.2. The van der Waals surface area contributed by atoms with E-state index in [9.17, 15) is 29.3 Å². The maximum atomic E-state index is 12.7. The molecule has 0 spiro atoms. The smallest absolute Gasteiger partial charge is 0.462 e. The predicted molar refractivity (Wildman–Crippen MR) is 254 cm³/mol. The Morgan fingerprint density at radius 2 is 1.08 bits per heavy atom. The number of phosphoric acid groups is 1. The Morgan fingerprint density at radius 3 is 1.66 bits per heavy atom. The summed E-state index contributed by atoms with van der Waals surface area (Å²) < 4.78 is 34.1. The molecule has 0 rings (SSSR count). The van der Waals surface area contributed by atoms with Gasteiger partial charge in [-0.3, -0.25) is 18.6 Å². The van der Waals surface area contributed by atoms with Crippen LogP contribution in [0.5, 0.6) is 0 Å². The Hall–Kier alpha value is -3.67. The van der Waals surface area contributed by atoms with Gasteiger partial charge in [0, 0.05) is 12.8 Å². The van der Waals surface area contributed by atoms with Crippen molar-refractivity contribution in [3.63, 3.8) is 0 Å². The van der Waals surface area contributed by atoms with E-state index in [4.69, 9.17) is 18.5 Å². The molecule has 0 aliphatic heterocycles. The molecule has 4 atom stereocenters. The zero-order valence-electron chi connectivity index (χ0n) is 38.5. The van der Waals surface area contributed by atoms with E-state index in [2.05, 4.69) is 55.5 Å². The van der Waals surface area contributed by atoms with Gasteiger partial charge >= 0.3 is 19.8 Å². The molecule has 0 aromatic heterocycles. The van der Waals surface area contributed by atoms with Gasteiger partial charge in [0.25, 0.3) is 0 Å². The molecule has 62 heavy (non-hydrogen) atoms. The second kappa shape index (κ2) is 40.1. The van der Waals surface area contributed by atoms with E-state index in [0.717, 1.165) is 57.8 Å². The van der Waals surface area contributed by atoms with Crippen molar-refractivity contribution in [1.82, 2.24) is 0 Å². The van der Waals surface area contributed by atoms with Gasteiger partial charge in [-0.25, -0.2) is 4.57 Å². The number of ether oxygens (including phenoxy) is 2. The lowest BCUT2D eigenvalue weighted by Gasteiger charge is -2.24. The predicted octanol–water partition coefficient (Wildman–Crippen LogP) is 10.8. The fourth-order valence-corrected chi connectivity index (χ4v) is 5.89. The third kappa shape index (κ3) is 43.0. The third-order valence-corrected chi connectivity index (χ3v) is 9.65. The number of likely N-dealkylation sites (N-methyl/N-ethyl adjacent to an activating group) is 1. The van der Waals surface area contributed by atoms with Crippen LogP contribution in [0.4, 0.5) is 0 Å². The summed E-state index contributed by atoms with van der Waals surface area (Å²) in [6, 6.07) is 0. The zero-order chi connectivity index (χ0) is 46.0. The average molecular weight is 887 g/mol. The summed E-state index contributed by atoms with van der Waals surface area (Å²) in [4.78, 5) is 35.4. The first-order valence-corrected chi connectivity index (χ1v) is 24.0. The molecule has 0 radical (unpaired) electrons. The summed E-state index contributed by atoms with van der Waals surface area (Å²) in [6.07, 6.45) is 49.0. The van der Waals surface area contributed by atoms with Crippen molar-refractivity contribution in [2.75, 3.05) is 47.5 Å². The van der Waals surface area contributed by atoms with E-state index in [1.54, 1.807) is 36.5 Å². The lowest BCUT2D eigenvalue weighted by atomic mass is 10.1. The molecule has 0 aromatic rings. The monoisotopic (exact) mass is 887 g/mol. The van der Waals surface area contributed by atoms with Crippen LogP contribution in [0.15, 0.2) is 122 Å². The molecule has 3 N–H and O–H groups in total. The van der Waals surface area contributed by atoms with Crippen molar-refractivity contribution in [2.24, 2.45) is 0 Å². The molecule has 0 aromatic carbocycles. The van der Waals surface area contributed by atoms with Gasteiger partial charge in [0.2, 0.25) is 0 Å². The van der Waals surface area contributed by atoms with Crippen LogP contribution < -0.4 is 0 Å². The van der Waals surface area contributed by atoms with Gasteiger partial charge in [0.1, 0.15) is 19.8 Å². The second-order valence-corrected chi connectivity index (χ2v) is 17.2. The molecule has 11 nitrogen and oxygen atoms in total. The van der Waals surface area contributed by atoms with Crippen LogP contribution in [0.2, 0.25) is 0 Å². The molecule has 0 saturated heterocycles. The first-order valence-electron chi connectivity index (χ1n) is 22.5. The van der Waals surface area contributed by atoms with E-state index in [0.29, 0.717) is 43.1 Å². The topological polar surface area (TPSA) is 149 Å². The van der Waals surface area contributed by atoms with E-state index in [1.807, 2.05) is 64.5 Å². The summed E-state index contributed by atoms with van der Waals surface area (Å²) in [5.74, 6) is -1.01. The molecule has 0 heterocycles. The quantitative estimate of drug-likeness (QED) is 0.0137. The van der Waals surface area contributed by atoms with Gasteiger partial charge in [-0.15, -0.1) is 0 Å². The Bertz CT molecular complexity index is 1500. The fraction of sp³-hybridized carbons (Fsp3) is 0.560. The van der Waals surface area contributed by atoms with Crippen LogP contribution in [-0.4, -0.2) is 97.3 Å². The Balaban J connectivity index is 4.66. The van der Waals surface area contributed by atoms with Gasteiger partial charge in [-0.05, 0) is 77.0 Å². The fourth-order valence-electron chi connectivity index (χ4n) is 5.14. The lowest BCUT2D eigenvalue weighted by molar-refractivity contribution is -0.870. The number of unbranched alkanes of at least 4 members (excludes halogenated alkanes) is 4. The number of allylic oxidation sites excluding steroid dienone is 16. The minimum atomic E-state index is -4.44. The molecule has 0 aliphatic rings. The Kier molecular flexibility index (Phi) is 37.8. The number of rotatable bonds is 38. The number of aliphatic hydroxyl groups is 2. The van der Waals surface area contributed by atoms with Crippen molar-refractivity contribution in [2.45, 2.75) is 135 Å². The summed E-state index contributed by atoms with van der Waals surface area (Å²) in [6.45, 7) is 3.84. The lowest BCUT2D eigenvalue weighted by Crippen LogP contribution is -2.37. The highest BCUT2D eigenvalue weighted by Gasteiger charge is 2.27. The minimum Gasteiger partial charge on any atom is -0.462 e. The van der Waals surface area contributed by atoms with Crippen LogP contribution >= 0.6 is 7.82 Å². The van der Waals surface area contributed by atoms with Crippen LogP contribution in [0, 0.1) is 0 Å². The van der Waals surface area contributed by atoms with Gasteiger partial charge < -0.3 is 29.1 Å². The van der Waals surface area contributed by atoms with Crippen molar-refractivity contribution < 1.29 is 52.3 Å². The van der Waals surface area contributed by atoms with Crippen molar-refractivity contribution >= 4 is 19.8 Å². The normalized spacial score (nSPS) is 15.7. The molecule has 12 heteroatoms. The first-order chi connectivity index (χ1) is 29.8. The zero-order valence-corrected chi connectivity index (χ0v) is 39.4. The molecule has 0 saturated carbocycles. The summed E-state index contributed by atoms with van der Waals surface area (Å²) in [7, 11) is 1.32. The summed E-state index contributed by atoms with van der Waals surface area (Å²) >= 11 is 0. The van der Waals surface area contributed by atoms with Gasteiger partial charge in [-0.1, -0.05) is 148 Å². The highest BCUT2D eigenvalue weighted by Crippen LogP contribution is 2.43. The number of nitrogens with zero attached hydrogens (tertiary/aromatic N) is 1. The van der Waals surface area contributed by atoms with Gasteiger partial charge in [0.05, 0.1) is 40.0 Å². The standard InChI is InChI=1S/C50H80NO10P/c1-6-8-10-11-12-13-14-15-16-17-18-19-20-21-22-26-34-40-49(54)58-44-48(45-60-62(56,57)59-43-42-51(3,4)5)61-50(55)41-35-27-24-23-25-31-37-47(53)39-33-29-28-32-38-46(52)36-30-9-7-2/h8-10,12-13,15-16,18-19,24-25,27-33,38-39,46-48,52-53H,6-7,11,14,17,20-23,26,34-37,40-45H2,1-5H3/p+1/b10-8-,13-12-,16-15-,19-18-,27-24-,29-28-,30-9-,31-25-,38-32+,39-33+/t46-,47+,48+/m0/s1. The molecule has 1 unspecified atom stereocenters. The van der Waals surface area contributed by atoms with Crippen LogP contribution in [0.25, 0.3) is 0 Å². The molecule has 0 amide bonds. The van der Waals surface area contributed by atoms with E-state index in [-0.39, 0.29) is 26.1 Å². The maximum absolute atomic E-state index is 12.7. The molecule has 0 bridgehead atoms. The van der Waals surface area contributed by atoms with E-state index in [1.165, 1.54) is 0 Å². The maximum Gasteiger partial charge on any atom is 0.472 e. The van der Waals surface area contributed by atoms with Crippen LogP contribution in [0.1, 0.15) is 117 Å². The van der Waals surface area contributed by atoms with Crippen LogP contribution in [0.3, 0.4) is 0 Å². The summed E-state index contributed by atoms with van der Waals surface area (Å²) in [5.41, 5.74) is 0. The van der Waals surface area contributed by atoms with Crippen molar-refractivity contribution in [1.29, 1.82) is 0 Å². The number of carbonyl (C=O) groups excluding carboxylic acids is 2. The molecular weight excluding hydrogens is 806 g/mol. The highest BCUT2D eigenvalue weighted by molar-refractivity contribution is 7.47.